The molecule has 1 aromatic heterocycles. The Morgan fingerprint density at radius 1 is 1.33 bits per heavy atom. The maximum Gasteiger partial charge on any atom is 0.311 e. The fourth-order valence-corrected chi connectivity index (χ4v) is 3.25. The number of aromatic nitrogens is 2. The van der Waals surface area contributed by atoms with Crippen molar-refractivity contribution in [1.82, 2.24) is 9.78 Å². The van der Waals surface area contributed by atoms with E-state index in [-0.39, 0.29) is 11.4 Å². The molecule has 0 radical (unpaired) electrons. The molecule has 0 aliphatic heterocycles. The molecular weight excluding hydrogens is 406 g/mol. The van der Waals surface area contributed by atoms with Gasteiger partial charge in [-0.2, -0.15) is 5.10 Å². The van der Waals surface area contributed by atoms with E-state index in [4.69, 9.17) is 4.74 Å². The van der Waals surface area contributed by atoms with Crippen molar-refractivity contribution in [3.05, 3.63) is 39.7 Å². The summed E-state index contributed by atoms with van der Waals surface area (Å²) in [6, 6.07) is 3.23. The molecule has 0 saturated heterocycles. The Bertz CT molecular complexity index is 686. The minimum atomic E-state index is -0.440. The quantitative estimate of drug-likeness (QED) is 0.420. The molecule has 21 heavy (non-hydrogen) atoms. The molecule has 1 aromatic carbocycles. The van der Waals surface area contributed by atoms with Crippen molar-refractivity contribution in [2.24, 2.45) is 7.05 Å². The minimum absolute atomic E-state index is 0.0541. The van der Waals surface area contributed by atoms with Gasteiger partial charge in [0.2, 0.25) is 0 Å². The van der Waals surface area contributed by atoms with Crippen molar-refractivity contribution in [3.8, 4) is 16.9 Å². The van der Waals surface area contributed by atoms with Gasteiger partial charge in [-0.1, -0.05) is 31.9 Å². The van der Waals surface area contributed by atoms with E-state index in [1.165, 1.54) is 7.11 Å². The van der Waals surface area contributed by atoms with Crippen LogP contribution in [0.5, 0.6) is 5.75 Å². The maximum absolute atomic E-state index is 11.2. The van der Waals surface area contributed by atoms with Crippen LogP contribution in [-0.2, 0) is 17.7 Å². The number of nitro groups is 1. The number of nitro benzene ring substituents is 1. The van der Waals surface area contributed by atoms with Crippen LogP contribution in [0.15, 0.2) is 18.3 Å². The molecule has 0 aliphatic carbocycles. The van der Waals surface area contributed by atoms with Crippen molar-refractivity contribution in [3.63, 3.8) is 0 Å². The maximum atomic E-state index is 11.2. The molecule has 0 atom stereocenters. The second kappa shape index (κ2) is 6.57. The molecular formula is C13H13Br2N3O3. The average Bonchev–Trinajstić information content (AvgIpc) is 2.86. The van der Waals surface area contributed by atoms with E-state index in [2.05, 4.69) is 37.0 Å². The van der Waals surface area contributed by atoms with Gasteiger partial charge in [0.15, 0.2) is 5.75 Å². The summed E-state index contributed by atoms with van der Waals surface area (Å²) < 4.78 is 6.86. The van der Waals surface area contributed by atoms with E-state index in [1.807, 2.05) is 7.05 Å². The van der Waals surface area contributed by atoms with Crippen LogP contribution in [0.25, 0.3) is 11.1 Å². The number of methoxy groups -OCH3 is 1. The van der Waals surface area contributed by atoms with Gasteiger partial charge in [-0.25, -0.2) is 0 Å². The summed E-state index contributed by atoms with van der Waals surface area (Å²) in [7, 11) is 3.26. The van der Waals surface area contributed by atoms with Gasteiger partial charge >= 0.3 is 5.69 Å². The van der Waals surface area contributed by atoms with Crippen molar-refractivity contribution in [1.29, 1.82) is 0 Å². The van der Waals surface area contributed by atoms with E-state index >= 15 is 0 Å². The number of hydrogen-bond acceptors (Lipinski definition) is 4. The molecule has 2 rings (SSSR count). The van der Waals surface area contributed by atoms with Gasteiger partial charge in [0.1, 0.15) is 0 Å². The third-order valence-corrected chi connectivity index (χ3v) is 4.36. The van der Waals surface area contributed by atoms with Crippen molar-refractivity contribution in [2.45, 2.75) is 10.7 Å². The zero-order valence-corrected chi connectivity index (χ0v) is 14.6. The van der Waals surface area contributed by atoms with Gasteiger partial charge in [-0.3, -0.25) is 14.8 Å². The molecule has 0 amide bonds. The lowest BCUT2D eigenvalue weighted by Gasteiger charge is -2.11. The van der Waals surface area contributed by atoms with Crippen LogP contribution in [0.4, 0.5) is 5.69 Å². The minimum Gasteiger partial charge on any atom is -0.490 e. The lowest BCUT2D eigenvalue weighted by Crippen LogP contribution is -1.99. The number of rotatable bonds is 5. The van der Waals surface area contributed by atoms with E-state index in [0.29, 0.717) is 10.7 Å². The third-order valence-electron chi connectivity index (χ3n) is 3.22. The molecule has 0 spiro atoms. The summed E-state index contributed by atoms with van der Waals surface area (Å²) in [6.45, 7) is 0. The van der Waals surface area contributed by atoms with Crippen LogP contribution in [0.1, 0.15) is 11.3 Å². The summed E-state index contributed by atoms with van der Waals surface area (Å²) >= 11 is 6.85. The van der Waals surface area contributed by atoms with Gasteiger partial charge < -0.3 is 4.74 Å². The number of benzene rings is 1. The highest BCUT2D eigenvalue weighted by atomic mass is 79.9. The predicted octanol–water partition coefficient (Wildman–Crippen LogP) is 3.79. The lowest BCUT2D eigenvalue weighted by molar-refractivity contribution is -0.385. The Morgan fingerprint density at radius 2 is 2.05 bits per heavy atom. The van der Waals surface area contributed by atoms with Crippen LogP contribution >= 0.6 is 31.9 Å². The molecule has 0 aliphatic rings. The summed E-state index contributed by atoms with van der Waals surface area (Å²) in [5.74, 6) is 0.252. The number of aryl methyl sites for hydroxylation is 1. The fourth-order valence-electron chi connectivity index (χ4n) is 2.12. The molecule has 112 valence electrons. The standard InChI is InChI=1S/C13H13Br2N3O3/c1-17-12(6-15)10(7-16-17)9-4-11(18(19)20)13(21-2)3-8(9)5-14/h3-4,7H,5-6H2,1-2H3. The van der Waals surface area contributed by atoms with Crippen LogP contribution in [0.3, 0.4) is 0 Å². The van der Waals surface area contributed by atoms with Crippen LogP contribution < -0.4 is 4.74 Å². The summed E-state index contributed by atoms with van der Waals surface area (Å²) in [6.07, 6.45) is 1.72. The van der Waals surface area contributed by atoms with Crippen molar-refractivity contribution in [2.75, 3.05) is 7.11 Å². The highest BCUT2D eigenvalue weighted by Gasteiger charge is 2.21. The third kappa shape index (κ3) is 2.96. The first-order chi connectivity index (χ1) is 10.0. The first-order valence-corrected chi connectivity index (χ1v) is 8.26. The molecule has 0 fully saturated rings. The summed E-state index contributed by atoms with van der Waals surface area (Å²) in [5, 5.41) is 16.6. The number of ether oxygens (including phenoxy) is 1. The zero-order chi connectivity index (χ0) is 15.6. The molecule has 0 bridgehead atoms. The smallest absolute Gasteiger partial charge is 0.311 e. The van der Waals surface area contributed by atoms with Crippen molar-refractivity contribution < 1.29 is 9.66 Å². The van der Waals surface area contributed by atoms with Gasteiger partial charge in [-0.15, -0.1) is 0 Å². The Labute approximate surface area is 138 Å². The number of halogens is 2. The molecule has 0 unspecified atom stereocenters. The largest absolute Gasteiger partial charge is 0.490 e. The fraction of sp³-hybridized carbons (Fsp3) is 0.308. The van der Waals surface area contributed by atoms with Gasteiger partial charge in [0, 0.05) is 29.3 Å². The second-order valence-corrected chi connectivity index (χ2v) is 5.46. The van der Waals surface area contributed by atoms with E-state index in [9.17, 15) is 10.1 Å². The topological polar surface area (TPSA) is 70.2 Å². The van der Waals surface area contributed by atoms with Gasteiger partial charge in [0.05, 0.1) is 23.9 Å². The normalized spacial score (nSPS) is 10.7. The predicted molar refractivity (Wildman–Crippen MR) is 87.1 cm³/mol. The number of nitrogens with zero attached hydrogens (tertiary/aromatic N) is 3. The van der Waals surface area contributed by atoms with Crippen LogP contribution in [0, 0.1) is 10.1 Å². The molecule has 0 N–H and O–H groups in total. The monoisotopic (exact) mass is 417 g/mol. The number of hydrogen-bond donors (Lipinski definition) is 0. The number of alkyl halides is 2. The van der Waals surface area contributed by atoms with E-state index in [0.717, 1.165) is 22.4 Å². The SMILES string of the molecule is COc1cc(CBr)c(-c2cnn(C)c2CBr)cc1[N+](=O)[O-]. The molecule has 1 heterocycles. The highest BCUT2D eigenvalue weighted by Crippen LogP contribution is 2.38. The summed E-state index contributed by atoms with van der Waals surface area (Å²) in [5.41, 5.74) is 3.46. The van der Waals surface area contributed by atoms with Gasteiger partial charge in [0.25, 0.3) is 0 Å². The van der Waals surface area contributed by atoms with E-state index < -0.39 is 4.92 Å². The van der Waals surface area contributed by atoms with Crippen molar-refractivity contribution >= 4 is 37.5 Å². The highest BCUT2D eigenvalue weighted by molar-refractivity contribution is 9.08. The lowest BCUT2D eigenvalue weighted by atomic mass is 10.00. The Balaban J connectivity index is 2.72. The molecule has 6 nitrogen and oxygen atoms in total. The van der Waals surface area contributed by atoms with Gasteiger partial charge in [-0.05, 0) is 17.2 Å². The first kappa shape index (κ1) is 16.0. The molecule has 8 heteroatoms. The zero-order valence-electron chi connectivity index (χ0n) is 11.5. The Morgan fingerprint density at radius 3 is 2.57 bits per heavy atom. The Kier molecular flexibility index (Phi) is 5.00. The Hall–Kier alpha value is -1.41. The molecule has 2 aromatic rings. The molecule has 0 saturated carbocycles. The van der Waals surface area contributed by atoms with E-state index in [1.54, 1.807) is 23.0 Å². The summed E-state index contributed by atoms with van der Waals surface area (Å²) in [4.78, 5) is 10.8. The second-order valence-electron chi connectivity index (χ2n) is 4.33. The van der Waals surface area contributed by atoms with Crippen LogP contribution in [-0.4, -0.2) is 21.8 Å². The average molecular weight is 419 g/mol. The van der Waals surface area contributed by atoms with Crippen LogP contribution in [0.2, 0.25) is 0 Å². The first-order valence-electron chi connectivity index (χ1n) is 6.02.